The predicted octanol–water partition coefficient (Wildman–Crippen LogP) is 0.356. The molecule has 80 valence electrons. The minimum atomic E-state index is -1.17. The number of aldehydes is 1. The van der Waals surface area contributed by atoms with Gasteiger partial charge in [-0.15, -0.1) is 0 Å². The van der Waals surface area contributed by atoms with Crippen LogP contribution >= 0.6 is 0 Å². The summed E-state index contributed by atoms with van der Waals surface area (Å²) in [6, 6.07) is 5.38. The van der Waals surface area contributed by atoms with Crippen LogP contribution in [-0.4, -0.2) is 35.1 Å². The van der Waals surface area contributed by atoms with E-state index in [0.29, 0.717) is 17.5 Å². The van der Waals surface area contributed by atoms with Crippen molar-refractivity contribution in [2.75, 3.05) is 11.9 Å². The summed E-state index contributed by atoms with van der Waals surface area (Å²) in [6.07, 6.45) is 0.624. The fraction of sp³-hybridized carbons (Fsp3) is 0.200. The molecule has 0 bridgehead atoms. The molecule has 0 spiro atoms. The third-order valence-electron chi connectivity index (χ3n) is 1.90. The van der Waals surface area contributed by atoms with Crippen molar-refractivity contribution in [1.29, 1.82) is 0 Å². The van der Waals surface area contributed by atoms with Gasteiger partial charge >= 0.3 is 5.97 Å². The number of aliphatic hydroxyl groups excluding tert-OH is 1. The summed E-state index contributed by atoms with van der Waals surface area (Å²) in [6.45, 7) is -0.539. The molecule has 0 radical (unpaired) electrons. The van der Waals surface area contributed by atoms with Gasteiger partial charge in [0.2, 0.25) is 0 Å². The molecular formula is C10H11NO4. The average molecular weight is 209 g/mol. The summed E-state index contributed by atoms with van der Waals surface area (Å²) >= 11 is 0. The maximum Gasteiger partial charge on any atom is 0.328 e. The Morgan fingerprint density at radius 1 is 1.47 bits per heavy atom. The molecule has 1 aromatic rings. The summed E-state index contributed by atoms with van der Waals surface area (Å²) in [5, 5.41) is 20.0. The van der Waals surface area contributed by atoms with Crippen molar-refractivity contribution in [3.63, 3.8) is 0 Å². The number of carboxylic acid groups (broad SMARTS) is 1. The molecule has 3 N–H and O–H groups in total. The zero-order valence-corrected chi connectivity index (χ0v) is 7.88. The highest BCUT2D eigenvalue weighted by Gasteiger charge is 2.16. The molecule has 0 fully saturated rings. The Balaban J connectivity index is 2.87. The third kappa shape index (κ3) is 2.78. The smallest absolute Gasteiger partial charge is 0.328 e. The molecule has 5 nitrogen and oxygen atoms in total. The van der Waals surface area contributed by atoms with Crippen LogP contribution in [0.2, 0.25) is 0 Å². The standard InChI is InChI=1S/C10H11NO4/c12-5-7-3-1-2-4-8(7)11-9(6-13)10(14)15/h1-5,9,11,13H,6H2,(H,14,15)/t9-/m0/s1. The van der Waals surface area contributed by atoms with Crippen molar-refractivity contribution in [2.45, 2.75) is 6.04 Å². The Kier molecular flexibility index (Phi) is 3.82. The van der Waals surface area contributed by atoms with Crippen LogP contribution in [0.3, 0.4) is 0 Å². The molecule has 0 heterocycles. The first-order valence-electron chi connectivity index (χ1n) is 4.33. The van der Waals surface area contributed by atoms with Gasteiger partial charge in [-0.05, 0) is 12.1 Å². The summed E-state index contributed by atoms with van der Waals surface area (Å²) in [7, 11) is 0. The van der Waals surface area contributed by atoms with E-state index in [-0.39, 0.29) is 0 Å². The average Bonchev–Trinajstić information content (AvgIpc) is 2.25. The number of hydrogen-bond acceptors (Lipinski definition) is 4. The lowest BCUT2D eigenvalue weighted by molar-refractivity contribution is -0.138. The summed E-state index contributed by atoms with van der Waals surface area (Å²) in [5.74, 6) is -1.17. The van der Waals surface area contributed by atoms with Crippen molar-refractivity contribution in [3.8, 4) is 0 Å². The van der Waals surface area contributed by atoms with Crippen LogP contribution in [0.5, 0.6) is 0 Å². The van der Waals surface area contributed by atoms with Gasteiger partial charge in [0.05, 0.1) is 6.61 Å². The minimum absolute atomic E-state index is 0.359. The number of carboxylic acids is 1. The van der Waals surface area contributed by atoms with Gasteiger partial charge in [0.15, 0.2) is 6.29 Å². The Hall–Kier alpha value is -1.88. The van der Waals surface area contributed by atoms with Gasteiger partial charge in [-0.25, -0.2) is 4.79 Å². The summed E-state index contributed by atoms with van der Waals surface area (Å²) < 4.78 is 0. The lowest BCUT2D eigenvalue weighted by Crippen LogP contribution is -2.33. The lowest BCUT2D eigenvalue weighted by atomic mass is 10.2. The van der Waals surface area contributed by atoms with Crippen molar-refractivity contribution in [2.24, 2.45) is 0 Å². The number of benzene rings is 1. The van der Waals surface area contributed by atoms with Crippen LogP contribution in [0, 0.1) is 0 Å². The molecule has 0 aliphatic carbocycles. The molecule has 1 aromatic carbocycles. The van der Waals surface area contributed by atoms with E-state index in [1.165, 1.54) is 0 Å². The molecule has 0 aliphatic rings. The number of carbonyl (C=O) groups is 2. The second-order valence-corrected chi connectivity index (χ2v) is 2.92. The second kappa shape index (κ2) is 5.11. The minimum Gasteiger partial charge on any atom is -0.480 e. The van der Waals surface area contributed by atoms with Crippen LogP contribution in [0.15, 0.2) is 24.3 Å². The molecule has 1 rings (SSSR count). The molecule has 1 atom stereocenters. The van der Waals surface area contributed by atoms with Gasteiger partial charge in [-0.1, -0.05) is 12.1 Å². The van der Waals surface area contributed by atoms with E-state index in [9.17, 15) is 9.59 Å². The van der Waals surface area contributed by atoms with Crippen LogP contribution in [0.25, 0.3) is 0 Å². The third-order valence-corrected chi connectivity index (χ3v) is 1.90. The molecule has 0 unspecified atom stereocenters. The molecule has 0 saturated heterocycles. The quantitative estimate of drug-likeness (QED) is 0.609. The van der Waals surface area contributed by atoms with E-state index in [0.717, 1.165) is 0 Å². The van der Waals surface area contributed by atoms with E-state index < -0.39 is 18.6 Å². The number of hydrogen-bond donors (Lipinski definition) is 3. The molecule has 0 amide bonds. The van der Waals surface area contributed by atoms with E-state index in [1.807, 2.05) is 0 Å². The number of nitrogens with one attached hydrogen (secondary N) is 1. The zero-order valence-electron chi connectivity index (χ0n) is 7.88. The number of carbonyl (C=O) groups excluding carboxylic acids is 1. The van der Waals surface area contributed by atoms with Crippen molar-refractivity contribution in [3.05, 3.63) is 29.8 Å². The maximum absolute atomic E-state index is 10.6. The first kappa shape index (κ1) is 11.2. The molecule has 15 heavy (non-hydrogen) atoms. The topological polar surface area (TPSA) is 86.6 Å². The molecule has 5 heteroatoms. The highest BCUT2D eigenvalue weighted by Crippen LogP contribution is 2.13. The number of aliphatic carboxylic acids is 1. The molecule has 0 aliphatic heterocycles. The summed E-state index contributed by atoms with van der Waals surface area (Å²) in [4.78, 5) is 21.2. The molecule has 0 saturated carbocycles. The number of para-hydroxylation sites is 1. The zero-order chi connectivity index (χ0) is 11.3. The fourth-order valence-corrected chi connectivity index (χ4v) is 1.10. The lowest BCUT2D eigenvalue weighted by Gasteiger charge is -2.14. The highest BCUT2D eigenvalue weighted by atomic mass is 16.4. The normalized spacial score (nSPS) is 11.8. The number of aliphatic hydroxyl groups is 1. The monoisotopic (exact) mass is 209 g/mol. The Morgan fingerprint density at radius 3 is 2.67 bits per heavy atom. The van der Waals surface area contributed by atoms with Crippen LogP contribution in [0.4, 0.5) is 5.69 Å². The van der Waals surface area contributed by atoms with Gasteiger partial charge in [0.1, 0.15) is 6.04 Å². The van der Waals surface area contributed by atoms with Crippen molar-refractivity contribution >= 4 is 17.9 Å². The van der Waals surface area contributed by atoms with Gasteiger partial charge in [0, 0.05) is 11.3 Å². The Bertz CT molecular complexity index is 364. The SMILES string of the molecule is O=Cc1ccccc1N[C@@H](CO)C(=O)O. The van der Waals surface area contributed by atoms with E-state index >= 15 is 0 Å². The van der Waals surface area contributed by atoms with E-state index in [4.69, 9.17) is 10.2 Å². The van der Waals surface area contributed by atoms with E-state index in [1.54, 1.807) is 24.3 Å². The van der Waals surface area contributed by atoms with E-state index in [2.05, 4.69) is 5.32 Å². The Morgan fingerprint density at radius 2 is 2.13 bits per heavy atom. The number of rotatable bonds is 5. The van der Waals surface area contributed by atoms with Crippen LogP contribution in [-0.2, 0) is 4.79 Å². The summed E-state index contributed by atoms with van der Waals surface area (Å²) in [5.41, 5.74) is 0.756. The van der Waals surface area contributed by atoms with Crippen molar-refractivity contribution < 1.29 is 19.8 Å². The van der Waals surface area contributed by atoms with Gasteiger partial charge in [-0.2, -0.15) is 0 Å². The first-order chi connectivity index (χ1) is 7.19. The van der Waals surface area contributed by atoms with Gasteiger partial charge in [0.25, 0.3) is 0 Å². The fourth-order valence-electron chi connectivity index (χ4n) is 1.10. The highest BCUT2D eigenvalue weighted by molar-refractivity contribution is 5.86. The van der Waals surface area contributed by atoms with Gasteiger partial charge in [-0.3, -0.25) is 4.79 Å². The largest absolute Gasteiger partial charge is 0.480 e. The van der Waals surface area contributed by atoms with Gasteiger partial charge < -0.3 is 15.5 Å². The number of anilines is 1. The molecule has 0 aromatic heterocycles. The Labute approximate surface area is 86.4 Å². The molecular weight excluding hydrogens is 198 g/mol. The van der Waals surface area contributed by atoms with Crippen LogP contribution < -0.4 is 5.32 Å². The maximum atomic E-state index is 10.6. The first-order valence-corrected chi connectivity index (χ1v) is 4.33. The van der Waals surface area contributed by atoms with Crippen LogP contribution in [0.1, 0.15) is 10.4 Å². The predicted molar refractivity (Wildman–Crippen MR) is 54.0 cm³/mol. The second-order valence-electron chi connectivity index (χ2n) is 2.92. The van der Waals surface area contributed by atoms with Crippen molar-refractivity contribution in [1.82, 2.24) is 0 Å².